The Balaban J connectivity index is 2.16. The minimum absolute atomic E-state index is 0.0542. The Hall–Kier alpha value is -1.82. The molecular weight excluding hydrogens is 222 g/mol. The lowest BCUT2D eigenvalue weighted by molar-refractivity contribution is -0.384. The molecule has 1 aromatic carbocycles. The second-order valence-electron chi connectivity index (χ2n) is 3.73. The molecule has 0 N–H and O–H groups in total. The van der Waals surface area contributed by atoms with Crippen molar-refractivity contribution >= 4 is 5.69 Å². The number of nitro groups is 1. The highest BCUT2D eigenvalue weighted by Crippen LogP contribution is 2.29. The maximum absolute atomic E-state index is 10.5. The summed E-state index contributed by atoms with van der Waals surface area (Å²) < 4.78 is 5.53. The molecule has 1 aliphatic heterocycles. The maximum atomic E-state index is 10.5. The van der Waals surface area contributed by atoms with Gasteiger partial charge in [0.1, 0.15) is 12.1 Å². The van der Waals surface area contributed by atoms with Crippen LogP contribution in [0.25, 0.3) is 0 Å². The molecule has 0 fully saturated rings. The van der Waals surface area contributed by atoms with Crippen LogP contribution in [0, 0.1) is 10.1 Å². The first-order chi connectivity index (χ1) is 8.22. The van der Waals surface area contributed by atoms with Crippen LogP contribution in [0.2, 0.25) is 0 Å². The van der Waals surface area contributed by atoms with E-state index in [0.717, 1.165) is 5.56 Å². The number of nitrogens with zero attached hydrogens (tertiary/aromatic N) is 3. The van der Waals surface area contributed by atoms with E-state index in [0.29, 0.717) is 13.2 Å². The summed E-state index contributed by atoms with van der Waals surface area (Å²) in [4.78, 5) is 10.1. The van der Waals surface area contributed by atoms with E-state index in [1.165, 1.54) is 12.1 Å². The summed E-state index contributed by atoms with van der Waals surface area (Å²) in [7, 11) is 0. The summed E-state index contributed by atoms with van der Waals surface area (Å²) in [5, 5.41) is 18.6. The third kappa shape index (κ3) is 2.47. The van der Waals surface area contributed by atoms with Crippen LogP contribution < -0.4 is 0 Å². The van der Waals surface area contributed by atoms with Crippen LogP contribution in [0.5, 0.6) is 0 Å². The Labute approximate surface area is 98.5 Å². The molecule has 2 rings (SSSR count). The van der Waals surface area contributed by atoms with E-state index in [1.807, 2.05) is 6.92 Å². The van der Waals surface area contributed by atoms with Crippen LogP contribution in [-0.4, -0.2) is 24.2 Å². The van der Waals surface area contributed by atoms with Crippen molar-refractivity contribution in [1.82, 2.24) is 0 Å². The predicted octanol–water partition coefficient (Wildman–Crippen LogP) is 2.51. The summed E-state index contributed by atoms with van der Waals surface area (Å²) in [6, 6.07) is 6.23. The van der Waals surface area contributed by atoms with E-state index in [4.69, 9.17) is 4.74 Å². The van der Waals surface area contributed by atoms with Gasteiger partial charge >= 0.3 is 0 Å². The van der Waals surface area contributed by atoms with Crippen molar-refractivity contribution in [2.45, 2.75) is 19.1 Å². The third-order valence-electron chi connectivity index (χ3n) is 2.65. The summed E-state index contributed by atoms with van der Waals surface area (Å²) in [5.74, 6) is 0. The van der Waals surface area contributed by atoms with E-state index in [-0.39, 0.29) is 17.8 Å². The number of rotatable bonds is 4. The lowest BCUT2D eigenvalue weighted by Gasteiger charge is -2.16. The van der Waals surface area contributed by atoms with E-state index in [2.05, 4.69) is 10.2 Å². The first-order valence-corrected chi connectivity index (χ1v) is 5.45. The molecule has 0 bridgehead atoms. The van der Waals surface area contributed by atoms with Crippen molar-refractivity contribution in [2.24, 2.45) is 10.2 Å². The highest BCUT2D eigenvalue weighted by Gasteiger charge is 2.28. The summed E-state index contributed by atoms with van der Waals surface area (Å²) in [6.45, 7) is 3.08. The highest BCUT2D eigenvalue weighted by atomic mass is 16.6. The number of benzene rings is 1. The summed E-state index contributed by atoms with van der Waals surface area (Å²) >= 11 is 0. The van der Waals surface area contributed by atoms with Crippen molar-refractivity contribution in [2.75, 3.05) is 13.2 Å². The Morgan fingerprint density at radius 1 is 1.47 bits per heavy atom. The van der Waals surface area contributed by atoms with Gasteiger partial charge < -0.3 is 4.74 Å². The molecule has 0 saturated carbocycles. The predicted molar refractivity (Wildman–Crippen MR) is 61.0 cm³/mol. The number of hydrogen-bond donors (Lipinski definition) is 0. The zero-order valence-corrected chi connectivity index (χ0v) is 9.44. The smallest absolute Gasteiger partial charge is 0.269 e. The second-order valence-corrected chi connectivity index (χ2v) is 3.73. The Bertz CT molecular complexity index is 430. The number of non-ortho nitro benzene ring substituents is 1. The average molecular weight is 235 g/mol. The average Bonchev–Trinajstić information content (AvgIpc) is 2.78. The monoisotopic (exact) mass is 235 g/mol. The number of hydrogen-bond acceptors (Lipinski definition) is 5. The van der Waals surface area contributed by atoms with Crippen molar-refractivity contribution in [3.05, 3.63) is 39.9 Å². The Kier molecular flexibility index (Phi) is 3.43. The third-order valence-corrected chi connectivity index (χ3v) is 2.65. The lowest BCUT2D eigenvalue weighted by Crippen LogP contribution is -2.20. The van der Waals surface area contributed by atoms with Gasteiger partial charge in [0.05, 0.1) is 11.5 Å². The molecule has 1 aliphatic rings. The van der Waals surface area contributed by atoms with Gasteiger partial charge in [-0.05, 0) is 24.6 Å². The van der Waals surface area contributed by atoms with E-state index in [1.54, 1.807) is 12.1 Å². The van der Waals surface area contributed by atoms with Gasteiger partial charge in [-0.1, -0.05) is 0 Å². The normalized spacial score (nSPS) is 22.9. The molecule has 2 atom stereocenters. The molecule has 0 saturated heterocycles. The van der Waals surface area contributed by atoms with Gasteiger partial charge in [0.25, 0.3) is 5.69 Å². The molecule has 0 amide bonds. The van der Waals surface area contributed by atoms with Crippen LogP contribution >= 0.6 is 0 Å². The standard InChI is InChI=1S/C11H13N3O3/c1-2-17-10-7-12-13-11(10)8-3-5-9(6-4-8)14(15)16/h3-6,10-11H,2,7H2,1H3. The van der Waals surface area contributed by atoms with E-state index < -0.39 is 4.92 Å². The fourth-order valence-corrected chi connectivity index (χ4v) is 1.82. The zero-order chi connectivity index (χ0) is 12.3. The van der Waals surface area contributed by atoms with Gasteiger partial charge in [0, 0.05) is 18.7 Å². The summed E-state index contributed by atoms with van der Waals surface area (Å²) in [6.07, 6.45) is -0.0542. The largest absolute Gasteiger partial charge is 0.374 e. The molecule has 0 spiro atoms. The SMILES string of the molecule is CCOC1CN=NC1c1ccc([N+](=O)[O-])cc1. The lowest BCUT2D eigenvalue weighted by atomic mass is 10.0. The molecule has 0 aromatic heterocycles. The van der Waals surface area contributed by atoms with Crippen molar-refractivity contribution in [1.29, 1.82) is 0 Å². The Morgan fingerprint density at radius 2 is 2.18 bits per heavy atom. The fourth-order valence-electron chi connectivity index (χ4n) is 1.82. The molecule has 90 valence electrons. The molecule has 1 heterocycles. The van der Waals surface area contributed by atoms with Crippen LogP contribution in [-0.2, 0) is 4.74 Å². The van der Waals surface area contributed by atoms with Crippen LogP contribution in [0.4, 0.5) is 5.69 Å². The van der Waals surface area contributed by atoms with Crippen LogP contribution in [0.15, 0.2) is 34.5 Å². The van der Waals surface area contributed by atoms with E-state index >= 15 is 0 Å². The minimum atomic E-state index is -0.417. The highest BCUT2D eigenvalue weighted by molar-refractivity contribution is 5.34. The van der Waals surface area contributed by atoms with Crippen molar-refractivity contribution in [3.63, 3.8) is 0 Å². The topological polar surface area (TPSA) is 77.1 Å². The molecule has 0 aliphatic carbocycles. The molecule has 2 unspecified atom stereocenters. The minimum Gasteiger partial charge on any atom is -0.374 e. The quantitative estimate of drug-likeness (QED) is 0.594. The van der Waals surface area contributed by atoms with E-state index in [9.17, 15) is 10.1 Å². The van der Waals surface area contributed by atoms with Crippen LogP contribution in [0.1, 0.15) is 18.5 Å². The van der Waals surface area contributed by atoms with Crippen LogP contribution in [0.3, 0.4) is 0 Å². The molecule has 6 nitrogen and oxygen atoms in total. The summed E-state index contributed by atoms with van der Waals surface area (Å²) in [5.41, 5.74) is 0.979. The number of azo groups is 1. The fraction of sp³-hybridized carbons (Fsp3) is 0.455. The van der Waals surface area contributed by atoms with Gasteiger partial charge in [-0.25, -0.2) is 0 Å². The maximum Gasteiger partial charge on any atom is 0.269 e. The second kappa shape index (κ2) is 5.01. The van der Waals surface area contributed by atoms with Gasteiger partial charge in [0.15, 0.2) is 0 Å². The Morgan fingerprint density at radius 3 is 2.76 bits per heavy atom. The van der Waals surface area contributed by atoms with Crippen molar-refractivity contribution < 1.29 is 9.66 Å². The van der Waals surface area contributed by atoms with Gasteiger partial charge in [-0.2, -0.15) is 10.2 Å². The van der Waals surface area contributed by atoms with Crippen molar-refractivity contribution in [3.8, 4) is 0 Å². The first-order valence-electron chi connectivity index (χ1n) is 5.45. The molecule has 6 heteroatoms. The molecule has 17 heavy (non-hydrogen) atoms. The zero-order valence-electron chi connectivity index (χ0n) is 9.44. The molecular formula is C11H13N3O3. The molecule has 0 radical (unpaired) electrons. The molecule has 1 aromatic rings. The van der Waals surface area contributed by atoms with Gasteiger partial charge in [-0.15, -0.1) is 0 Å². The number of ether oxygens (including phenoxy) is 1. The van der Waals surface area contributed by atoms with Gasteiger partial charge in [-0.3, -0.25) is 10.1 Å². The first kappa shape index (κ1) is 11.7. The van der Waals surface area contributed by atoms with Gasteiger partial charge in [0.2, 0.25) is 0 Å². The number of nitro benzene ring substituents is 1.